The number of aromatic amines is 1. The Kier molecular flexibility index (Phi) is 5.54. The van der Waals surface area contributed by atoms with Gasteiger partial charge in [-0.05, 0) is 50.1 Å². The summed E-state index contributed by atoms with van der Waals surface area (Å²) in [6.45, 7) is 6.07. The number of para-hydroxylation sites is 1. The van der Waals surface area contributed by atoms with Crippen LogP contribution in [0.5, 0.6) is 5.75 Å². The molecule has 0 spiro atoms. The Morgan fingerprint density at radius 2 is 2.00 bits per heavy atom. The zero-order chi connectivity index (χ0) is 19.4. The van der Waals surface area contributed by atoms with Crippen LogP contribution in [0.3, 0.4) is 0 Å². The number of amides is 1. The maximum atomic E-state index is 13.6. The lowest BCUT2D eigenvalue weighted by atomic mass is 10.00. The molecule has 0 bridgehead atoms. The summed E-state index contributed by atoms with van der Waals surface area (Å²) in [6, 6.07) is 13.8. The molecule has 0 saturated carbocycles. The van der Waals surface area contributed by atoms with Gasteiger partial charge in [-0.3, -0.25) is 9.89 Å². The molecule has 1 amide bonds. The smallest absolute Gasteiger partial charge is 0.272 e. The topological polar surface area (TPSA) is 67.0 Å². The molecular weight excluding hydrogens is 345 g/mol. The van der Waals surface area contributed by atoms with Crippen molar-refractivity contribution in [3.8, 4) is 5.75 Å². The van der Waals surface area contributed by atoms with E-state index < -0.39 is 5.82 Å². The summed E-state index contributed by atoms with van der Waals surface area (Å²) >= 11 is 0. The lowest BCUT2D eigenvalue weighted by molar-refractivity contribution is 0.0934. The molecule has 0 aliphatic carbocycles. The number of hydrogen-bond donors (Lipinski definition) is 2. The summed E-state index contributed by atoms with van der Waals surface area (Å²) in [7, 11) is 0. The molecule has 0 aliphatic heterocycles. The van der Waals surface area contributed by atoms with Crippen LogP contribution in [-0.2, 0) is 6.61 Å². The van der Waals surface area contributed by atoms with Gasteiger partial charge in [-0.2, -0.15) is 5.10 Å². The fourth-order valence-corrected chi connectivity index (χ4v) is 2.84. The van der Waals surface area contributed by atoms with Crippen molar-refractivity contribution in [1.82, 2.24) is 15.5 Å². The van der Waals surface area contributed by atoms with E-state index in [2.05, 4.69) is 21.6 Å². The van der Waals surface area contributed by atoms with Gasteiger partial charge in [-0.1, -0.05) is 35.9 Å². The first-order valence-electron chi connectivity index (χ1n) is 8.73. The summed E-state index contributed by atoms with van der Waals surface area (Å²) in [5.41, 5.74) is 4.18. The Morgan fingerprint density at radius 1 is 1.22 bits per heavy atom. The molecule has 6 heteroatoms. The molecule has 1 atom stereocenters. The minimum atomic E-state index is -0.433. The molecule has 3 aromatic rings. The van der Waals surface area contributed by atoms with Gasteiger partial charge in [0.25, 0.3) is 5.91 Å². The molecule has 1 aromatic heterocycles. The van der Waals surface area contributed by atoms with Crippen molar-refractivity contribution in [3.05, 3.63) is 82.4 Å². The van der Waals surface area contributed by atoms with Crippen molar-refractivity contribution in [2.24, 2.45) is 0 Å². The van der Waals surface area contributed by atoms with E-state index in [1.54, 1.807) is 24.3 Å². The van der Waals surface area contributed by atoms with E-state index in [0.29, 0.717) is 5.69 Å². The van der Waals surface area contributed by atoms with Crippen LogP contribution in [0.2, 0.25) is 0 Å². The fraction of sp³-hybridized carbons (Fsp3) is 0.238. The van der Waals surface area contributed by atoms with Crippen LogP contribution in [-0.4, -0.2) is 16.1 Å². The van der Waals surface area contributed by atoms with Crippen molar-refractivity contribution in [3.63, 3.8) is 0 Å². The number of aromatic nitrogens is 2. The maximum absolute atomic E-state index is 13.6. The van der Waals surface area contributed by atoms with Gasteiger partial charge in [-0.15, -0.1) is 0 Å². The van der Waals surface area contributed by atoms with Gasteiger partial charge in [-0.25, -0.2) is 4.39 Å². The van der Waals surface area contributed by atoms with Crippen molar-refractivity contribution in [2.75, 3.05) is 0 Å². The molecule has 2 aromatic carbocycles. The van der Waals surface area contributed by atoms with Crippen LogP contribution >= 0.6 is 0 Å². The number of carbonyl (C=O) groups is 1. The third kappa shape index (κ3) is 4.53. The molecule has 2 N–H and O–H groups in total. The summed E-state index contributed by atoms with van der Waals surface area (Å²) in [6.07, 6.45) is 0. The van der Waals surface area contributed by atoms with Crippen LogP contribution < -0.4 is 10.1 Å². The van der Waals surface area contributed by atoms with Crippen molar-refractivity contribution in [1.29, 1.82) is 0 Å². The first kappa shape index (κ1) is 18.6. The lowest BCUT2D eigenvalue weighted by Gasteiger charge is -2.16. The molecule has 5 nitrogen and oxygen atoms in total. The summed E-state index contributed by atoms with van der Waals surface area (Å²) in [4.78, 5) is 12.5. The van der Waals surface area contributed by atoms with Crippen LogP contribution in [0.4, 0.5) is 4.39 Å². The van der Waals surface area contributed by atoms with Gasteiger partial charge >= 0.3 is 0 Å². The second kappa shape index (κ2) is 8.03. The Labute approximate surface area is 157 Å². The number of H-pyrrole nitrogens is 1. The highest BCUT2D eigenvalue weighted by atomic mass is 19.1. The van der Waals surface area contributed by atoms with Crippen LogP contribution in [0, 0.1) is 19.7 Å². The van der Waals surface area contributed by atoms with E-state index in [4.69, 9.17) is 4.74 Å². The van der Waals surface area contributed by atoms with Crippen molar-refractivity contribution < 1.29 is 13.9 Å². The maximum Gasteiger partial charge on any atom is 0.272 e. The molecule has 27 heavy (non-hydrogen) atoms. The SMILES string of the molecule is Cc1ccc(C)c([C@@H](C)NC(=O)c2cc(COc3ccccc3F)[nH]n2)c1. The highest BCUT2D eigenvalue weighted by molar-refractivity contribution is 5.92. The Hall–Kier alpha value is -3.15. The molecule has 0 fully saturated rings. The Balaban J connectivity index is 1.63. The molecule has 0 radical (unpaired) electrons. The van der Waals surface area contributed by atoms with E-state index in [0.717, 1.165) is 16.7 Å². The van der Waals surface area contributed by atoms with Gasteiger partial charge in [0.2, 0.25) is 0 Å². The average Bonchev–Trinajstić information content (AvgIpc) is 3.12. The number of aryl methyl sites for hydroxylation is 2. The number of halogens is 1. The van der Waals surface area contributed by atoms with Gasteiger partial charge < -0.3 is 10.1 Å². The number of benzene rings is 2. The minimum absolute atomic E-state index is 0.0910. The molecule has 1 heterocycles. The van der Waals surface area contributed by atoms with Gasteiger partial charge in [0.15, 0.2) is 11.6 Å². The van der Waals surface area contributed by atoms with E-state index >= 15 is 0 Å². The van der Waals surface area contributed by atoms with Crippen molar-refractivity contribution in [2.45, 2.75) is 33.4 Å². The largest absolute Gasteiger partial charge is 0.484 e. The third-order valence-electron chi connectivity index (χ3n) is 4.33. The standard InChI is InChI=1S/C21H22FN3O2/c1-13-8-9-14(2)17(10-13)15(3)23-21(26)19-11-16(24-25-19)12-27-20-7-5-4-6-18(20)22/h4-11,15H,12H2,1-3H3,(H,23,26)(H,24,25)/t15-/m1/s1. The van der Waals surface area contributed by atoms with Crippen molar-refractivity contribution >= 4 is 5.91 Å². The van der Waals surface area contributed by atoms with Crippen LogP contribution in [0.1, 0.15) is 45.8 Å². The number of hydrogen-bond acceptors (Lipinski definition) is 3. The number of carbonyl (C=O) groups excluding carboxylic acids is 1. The molecule has 3 rings (SSSR count). The highest BCUT2D eigenvalue weighted by Crippen LogP contribution is 2.20. The number of nitrogens with one attached hydrogen (secondary N) is 2. The fourth-order valence-electron chi connectivity index (χ4n) is 2.84. The second-order valence-corrected chi connectivity index (χ2v) is 6.55. The average molecular weight is 367 g/mol. The summed E-state index contributed by atoms with van der Waals surface area (Å²) in [5.74, 6) is -0.559. The van der Waals surface area contributed by atoms with Crippen LogP contribution in [0.15, 0.2) is 48.5 Å². The number of rotatable bonds is 6. The van der Waals surface area contributed by atoms with E-state index in [1.165, 1.54) is 6.07 Å². The summed E-state index contributed by atoms with van der Waals surface area (Å²) in [5, 5.41) is 9.73. The first-order chi connectivity index (χ1) is 12.9. The van der Waals surface area contributed by atoms with Crippen LogP contribution in [0.25, 0.3) is 0 Å². The predicted molar refractivity (Wildman–Crippen MR) is 101 cm³/mol. The number of ether oxygens (including phenoxy) is 1. The highest BCUT2D eigenvalue weighted by Gasteiger charge is 2.16. The number of nitrogens with zero attached hydrogens (tertiary/aromatic N) is 1. The normalized spacial score (nSPS) is 11.9. The third-order valence-corrected chi connectivity index (χ3v) is 4.33. The van der Waals surface area contributed by atoms with Gasteiger partial charge in [0, 0.05) is 0 Å². The lowest BCUT2D eigenvalue weighted by Crippen LogP contribution is -2.27. The molecule has 140 valence electrons. The molecule has 0 unspecified atom stereocenters. The molecule has 0 aliphatic rings. The zero-order valence-corrected chi connectivity index (χ0v) is 15.5. The molecule has 0 saturated heterocycles. The van der Waals surface area contributed by atoms with E-state index in [9.17, 15) is 9.18 Å². The molecular formula is C21H22FN3O2. The Bertz CT molecular complexity index is 952. The van der Waals surface area contributed by atoms with Gasteiger partial charge in [0.05, 0.1) is 11.7 Å². The predicted octanol–water partition coefficient (Wildman–Crippen LogP) is 4.24. The second-order valence-electron chi connectivity index (χ2n) is 6.55. The quantitative estimate of drug-likeness (QED) is 0.685. The minimum Gasteiger partial charge on any atom is -0.484 e. The van der Waals surface area contributed by atoms with E-state index in [-0.39, 0.29) is 30.0 Å². The monoisotopic (exact) mass is 367 g/mol. The Morgan fingerprint density at radius 3 is 2.78 bits per heavy atom. The summed E-state index contributed by atoms with van der Waals surface area (Å²) < 4.78 is 19.0. The first-order valence-corrected chi connectivity index (χ1v) is 8.73. The van der Waals surface area contributed by atoms with E-state index in [1.807, 2.05) is 32.9 Å². The zero-order valence-electron chi connectivity index (χ0n) is 15.5. The van der Waals surface area contributed by atoms with Gasteiger partial charge in [0.1, 0.15) is 12.3 Å².